The van der Waals surface area contributed by atoms with Crippen molar-refractivity contribution >= 4 is 40.6 Å². The first kappa shape index (κ1) is 12.7. The molecule has 0 radical (unpaired) electrons. The summed E-state index contributed by atoms with van der Waals surface area (Å²) >= 11 is 10.7. The minimum atomic E-state index is -0.477. The Morgan fingerprint density at radius 1 is 1.56 bits per heavy atom. The van der Waals surface area contributed by atoms with E-state index in [0.717, 1.165) is 5.56 Å². The SMILES string of the molecule is COC(=O)c1cc(C)c(NC(N)=S)cc1Cl. The zero-order valence-electron chi connectivity index (χ0n) is 8.83. The Bertz CT molecular complexity index is 449. The fraction of sp³-hybridized carbons (Fsp3) is 0.200. The van der Waals surface area contributed by atoms with Gasteiger partial charge in [0.05, 0.1) is 17.7 Å². The van der Waals surface area contributed by atoms with Crippen molar-refractivity contribution in [2.24, 2.45) is 5.73 Å². The maximum atomic E-state index is 11.3. The quantitative estimate of drug-likeness (QED) is 0.628. The highest BCUT2D eigenvalue weighted by atomic mass is 35.5. The van der Waals surface area contributed by atoms with Crippen molar-refractivity contribution in [2.45, 2.75) is 6.92 Å². The van der Waals surface area contributed by atoms with E-state index >= 15 is 0 Å². The number of carbonyl (C=O) groups is 1. The summed E-state index contributed by atoms with van der Waals surface area (Å²) in [6, 6.07) is 3.21. The van der Waals surface area contributed by atoms with Crippen LogP contribution in [0.5, 0.6) is 0 Å². The average molecular weight is 259 g/mol. The van der Waals surface area contributed by atoms with E-state index in [1.807, 2.05) is 6.92 Å². The molecule has 0 bridgehead atoms. The van der Waals surface area contributed by atoms with E-state index in [2.05, 4.69) is 10.1 Å². The average Bonchev–Trinajstić information content (AvgIpc) is 2.21. The predicted octanol–water partition coefficient (Wildman–Crippen LogP) is 2.09. The molecular weight excluding hydrogens is 248 g/mol. The molecule has 4 nitrogen and oxygen atoms in total. The molecule has 0 saturated carbocycles. The van der Waals surface area contributed by atoms with Gasteiger partial charge in [-0.2, -0.15) is 0 Å². The van der Waals surface area contributed by atoms with Crippen LogP contribution in [-0.2, 0) is 4.74 Å². The zero-order valence-corrected chi connectivity index (χ0v) is 10.4. The van der Waals surface area contributed by atoms with Crippen LogP contribution in [0.4, 0.5) is 5.69 Å². The highest BCUT2D eigenvalue weighted by Gasteiger charge is 2.13. The summed E-state index contributed by atoms with van der Waals surface area (Å²) in [5.74, 6) is -0.477. The van der Waals surface area contributed by atoms with E-state index in [1.54, 1.807) is 12.1 Å². The summed E-state index contributed by atoms with van der Waals surface area (Å²) in [6.07, 6.45) is 0. The standard InChI is InChI=1S/C10H11ClN2O2S/c1-5-3-6(9(14)15-2)7(11)4-8(5)13-10(12)16/h3-4H,1-2H3,(H3,12,13,16). The third kappa shape index (κ3) is 2.84. The number of esters is 1. The lowest BCUT2D eigenvalue weighted by Gasteiger charge is -2.10. The number of nitrogens with one attached hydrogen (secondary N) is 1. The van der Waals surface area contributed by atoms with Gasteiger partial charge in [-0.3, -0.25) is 0 Å². The van der Waals surface area contributed by atoms with Crippen molar-refractivity contribution in [3.63, 3.8) is 0 Å². The van der Waals surface area contributed by atoms with Gasteiger partial charge in [-0.05, 0) is 36.8 Å². The van der Waals surface area contributed by atoms with Crippen LogP contribution in [-0.4, -0.2) is 18.2 Å². The number of thiocarbonyl (C=S) groups is 1. The van der Waals surface area contributed by atoms with Crippen molar-refractivity contribution in [2.75, 3.05) is 12.4 Å². The summed E-state index contributed by atoms with van der Waals surface area (Å²) < 4.78 is 4.60. The van der Waals surface area contributed by atoms with Gasteiger partial charge < -0.3 is 15.8 Å². The second kappa shape index (κ2) is 5.14. The van der Waals surface area contributed by atoms with Crippen LogP contribution in [0.25, 0.3) is 0 Å². The molecule has 3 N–H and O–H groups in total. The molecule has 6 heteroatoms. The monoisotopic (exact) mass is 258 g/mol. The van der Waals surface area contributed by atoms with E-state index in [4.69, 9.17) is 29.6 Å². The lowest BCUT2D eigenvalue weighted by molar-refractivity contribution is 0.0601. The van der Waals surface area contributed by atoms with Crippen LogP contribution < -0.4 is 11.1 Å². The van der Waals surface area contributed by atoms with Gasteiger partial charge in [-0.15, -0.1) is 0 Å². The third-order valence-corrected chi connectivity index (χ3v) is 2.39. The zero-order chi connectivity index (χ0) is 12.3. The van der Waals surface area contributed by atoms with E-state index in [0.29, 0.717) is 11.3 Å². The normalized spacial score (nSPS) is 9.69. The Labute approximate surface area is 104 Å². The summed E-state index contributed by atoms with van der Waals surface area (Å²) in [5.41, 5.74) is 7.14. The van der Waals surface area contributed by atoms with Crippen molar-refractivity contribution < 1.29 is 9.53 Å². The Hall–Kier alpha value is -1.33. The molecule has 0 atom stereocenters. The van der Waals surface area contributed by atoms with Crippen molar-refractivity contribution in [3.05, 3.63) is 28.3 Å². The number of halogens is 1. The molecular formula is C10H11ClN2O2S. The summed E-state index contributed by atoms with van der Waals surface area (Å²) in [4.78, 5) is 11.3. The lowest BCUT2D eigenvalue weighted by Crippen LogP contribution is -2.19. The number of hydrogen-bond acceptors (Lipinski definition) is 3. The van der Waals surface area contributed by atoms with Gasteiger partial charge in [0.25, 0.3) is 0 Å². The van der Waals surface area contributed by atoms with Crippen LogP contribution >= 0.6 is 23.8 Å². The van der Waals surface area contributed by atoms with Gasteiger partial charge in [-0.1, -0.05) is 11.6 Å². The highest BCUT2D eigenvalue weighted by Crippen LogP contribution is 2.25. The summed E-state index contributed by atoms with van der Waals surface area (Å²) in [7, 11) is 1.30. The topological polar surface area (TPSA) is 64.3 Å². The van der Waals surface area contributed by atoms with Gasteiger partial charge in [0.15, 0.2) is 5.11 Å². The molecule has 0 heterocycles. The summed E-state index contributed by atoms with van der Waals surface area (Å²) in [5, 5.41) is 3.20. The Morgan fingerprint density at radius 3 is 2.69 bits per heavy atom. The van der Waals surface area contributed by atoms with Gasteiger partial charge in [0.2, 0.25) is 0 Å². The van der Waals surface area contributed by atoms with Crippen molar-refractivity contribution in [1.82, 2.24) is 0 Å². The van der Waals surface area contributed by atoms with Crippen molar-refractivity contribution in [1.29, 1.82) is 0 Å². The van der Waals surface area contributed by atoms with E-state index in [-0.39, 0.29) is 10.1 Å². The highest BCUT2D eigenvalue weighted by molar-refractivity contribution is 7.80. The van der Waals surface area contributed by atoms with Crippen molar-refractivity contribution in [3.8, 4) is 0 Å². The number of anilines is 1. The Kier molecular flexibility index (Phi) is 4.09. The molecule has 1 aromatic rings. The Balaban J connectivity index is 3.16. The van der Waals surface area contributed by atoms with Gasteiger partial charge >= 0.3 is 5.97 Å². The minimum Gasteiger partial charge on any atom is -0.465 e. The number of benzene rings is 1. The molecule has 0 aliphatic rings. The third-order valence-electron chi connectivity index (χ3n) is 1.98. The Morgan fingerprint density at radius 2 is 2.19 bits per heavy atom. The maximum absolute atomic E-state index is 11.3. The number of methoxy groups -OCH3 is 1. The molecule has 0 aliphatic heterocycles. The first-order valence-electron chi connectivity index (χ1n) is 4.40. The predicted molar refractivity (Wildman–Crippen MR) is 67.9 cm³/mol. The van der Waals surface area contributed by atoms with E-state index in [9.17, 15) is 4.79 Å². The molecule has 0 aliphatic carbocycles. The summed E-state index contributed by atoms with van der Waals surface area (Å²) in [6.45, 7) is 1.81. The number of carbonyl (C=O) groups excluding carboxylic acids is 1. The molecule has 16 heavy (non-hydrogen) atoms. The first-order chi connectivity index (χ1) is 7.45. The largest absolute Gasteiger partial charge is 0.465 e. The fourth-order valence-electron chi connectivity index (χ4n) is 1.22. The molecule has 0 saturated heterocycles. The molecule has 0 aromatic heterocycles. The smallest absolute Gasteiger partial charge is 0.339 e. The van der Waals surface area contributed by atoms with Crippen LogP contribution in [0.2, 0.25) is 5.02 Å². The number of nitrogens with two attached hydrogens (primary N) is 1. The molecule has 1 rings (SSSR count). The second-order valence-electron chi connectivity index (χ2n) is 3.13. The molecule has 0 spiro atoms. The molecule has 0 amide bonds. The number of rotatable bonds is 2. The lowest BCUT2D eigenvalue weighted by atomic mass is 10.1. The van der Waals surface area contributed by atoms with Crippen LogP contribution in [0.15, 0.2) is 12.1 Å². The van der Waals surface area contributed by atoms with Crippen LogP contribution in [0.3, 0.4) is 0 Å². The number of aryl methyl sites for hydroxylation is 1. The fourth-order valence-corrected chi connectivity index (χ4v) is 1.57. The van der Waals surface area contributed by atoms with Gasteiger partial charge in [0.1, 0.15) is 0 Å². The molecule has 1 aromatic carbocycles. The molecule has 0 fully saturated rings. The molecule has 86 valence electrons. The van der Waals surface area contributed by atoms with E-state index < -0.39 is 5.97 Å². The van der Waals surface area contributed by atoms with Gasteiger partial charge in [-0.25, -0.2) is 4.79 Å². The first-order valence-corrected chi connectivity index (χ1v) is 5.19. The van der Waals surface area contributed by atoms with Crippen LogP contribution in [0, 0.1) is 6.92 Å². The second-order valence-corrected chi connectivity index (χ2v) is 3.97. The molecule has 0 unspecified atom stereocenters. The van der Waals surface area contributed by atoms with Crippen LogP contribution in [0.1, 0.15) is 15.9 Å². The number of hydrogen-bond donors (Lipinski definition) is 2. The van der Waals surface area contributed by atoms with Gasteiger partial charge in [0, 0.05) is 5.69 Å². The maximum Gasteiger partial charge on any atom is 0.339 e. The minimum absolute atomic E-state index is 0.144. The number of ether oxygens (including phenoxy) is 1. The van der Waals surface area contributed by atoms with E-state index in [1.165, 1.54) is 7.11 Å².